The zero-order chi connectivity index (χ0) is 26.2. The number of benzene rings is 5. The van der Waals surface area contributed by atoms with E-state index in [0.29, 0.717) is 28.7 Å². The average Bonchev–Trinajstić information content (AvgIpc) is 2.96. The maximum absolute atomic E-state index is 13.0. The summed E-state index contributed by atoms with van der Waals surface area (Å²) in [5.41, 5.74) is 5.68. The van der Waals surface area contributed by atoms with Crippen molar-refractivity contribution >= 4 is 34.5 Å². The second-order valence-electron chi connectivity index (χ2n) is 8.55. The highest BCUT2D eigenvalue weighted by Gasteiger charge is 2.13. The van der Waals surface area contributed by atoms with Crippen LogP contribution in [0.1, 0.15) is 27.0 Å². The monoisotopic (exact) mass is 520 g/mol. The van der Waals surface area contributed by atoms with E-state index in [1.807, 2.05) is 91.0 Å². The Morgan fingerprint density at radius 2 is 1.45 bits per heavy atom. The fraction of sp³-hybridized carbons (Fsp3) is 0.0625. The summed E-state index contributed by atoms with van der Waals surface area (Å²) in [5.74, 6) is 0.731. The lowest BCUT2D eigenvalue weighted by Crippen LogP contribution is -2.18. The number of ether oxygens (including phenoxy) is 2. The van der Waals surface area contributed by atoms with Crippen LogP contribution in [0.5, 0.6) is 11.5 Å². The molecule has 0 heterocycles. The zero-order valence-electron chi connectivity index (χ0n) is 20.5. The predicted molar refractivity (Wildman–Crippen MR) is 152 cm³/mol. The first-order valence-corrected chi connectivity index (χ1v) is 12.5. The quantitative estimate of drug-likeness (QED) is 0.162. The second-order valence-corrected chi connectivity index (χ2v) is 8.96. The fourth-order valence-corrected chi connectivity index (χ4v) is 4.23. The molecule has 5 aromatic rings. The Balaban J connectivity index is 1.34. The Labute approximate surface area is 226 Å². The largest absolute Gasteiger partial charge is 0.488 e. The highest BCUT2D eigenvalue weighted by molar-refractivity contribution is 6.31. The lowest BCUT2D eigenvalue weighted by molar-refractivity contribution is 0.0950. The van der Waals surface area contributed by atoms with Gasteiger partial charge in [-0.15, -0.1) is 0 Å². The number of amides is 1. The Hall–Kier alpha value is -4.61. The van der Waals surface area contributed by atoms with Crippen molar-refractivity contribution < 1.29 is 14.3 Å². The van der Waals surface area contributed by atoms with Crippen molar-refractivity contribution in [3.63, 3.8) is 0 Å². The summed E-state index contributed by atoms with van der Waals surface area (Å²) in [6, 6.07) is 36.3. The van der Waals surface area contributed by atoms with E-state index >= 15 is 0 Å². The van der Waals surface area contributed by atoms with Crippen LogP contribution < -0.4 is 14.9 Å². The predicted octanol–water partition coefficient (Wildman–Crippen LogP) is 7.42. The third-order valence-corrected chi connectivity index (χ3v) is 6.37. The molecule has 0 saturated heterocycles. The van der Waals surface area contributed by atoms with E-state index < -0.39 is 0 Å². The molecule has 0 radical (unpaired) electrons. The van der Waals surface area contributed by atoms with Gasteiger partial charge >= 0.3 is 0 Å². The minimum absolute atomic E-state index is 0.241. The van der Waals surface area contributed by atoms with Gasteiger partial charge in [-0.1, -0.05) is 103 Å². The number of hydrazone groups is 1. The number of nitrogens with zero attached hydrogens (tertiary/aromatic N) is 1. The van der Waals surface area contributed by atoms with Crippen molar-refractivity contribution in [3.05, 3.63) is 143 Å². The third kappa shape index (κ3) is 6.02. The van der Waals surface area contributed by atoms with E-state index in [4.69, 9.17) is 21.1 Å². The SMILES string of the molecule is O=C(N/N=C/c1c(OCc2ccccc2)ccc2ccccc12)c1ccccc1OCc1ccccc1Cl. The Kier molecular flexibility index (Phi) is 7.97. The first-order chi connectivity index (χ1) is 18.7. The van der Waals surface area contributed by atoms with Crippen LogP contribution >= 0.6 is 11.6 Å². The van der Waals surface area contributed by atoms with Crippen molar-refractivity contribution in [1.29, 1.82) is 0 Å². The van der Waals surface area contributed by atoms with Crippen LogP contribution in [-0.2, 0) is 13.2 Å². The Morgan fingerprint density at radius 1 is 0.737 bits per heavy atom. The van der Waals surface area contributed by atoms with E-state index in [1.165, 1.54) is 0 Å². The lowest BCUT2D eigenvalue weighted by Gasteiger charge is -2.12. The molecule has 1 N–H and O–H groups in total. The number of carbonyl (C=O) groups is 1. The summed E-state index contributed by atoms with van der Waals surface area (Å²) in [6.07, 6.45) is 1.62. The van der Waals surface area contributed by atoms with Gasteiger partial charge in [0.2, 0.25) is 0 Å². The van der Waals surface area contributed by atoms with Crippen molar-refractivity contribution in [2.45, 2.75) is 13.2 Å². The number of carbonyl (C=O) groups excluding carboxylic acids is 1. The first-order valence-electron chi connectivity index (χ1n) is 12.2. The molecular weight excluding hydrogens is 496 g/mol. The molecule has 0 aliphatic carbocycles. The smallest absolute Gasteiger partial charge is 0.275 e. The number of rotatable bonds is 9. The van der Waals surface area contributed by atoms with Crippen LogP contribution in [0.2, 0.25) is 5.02 Å². The van der Waals surface area contributed by atoms with Gasteiger partial charge in [0.25, 0.3) is 5.91 Å². The molecule has 5 rings (SSSR count). The molecule has 0 bridgehead atoms. The van der Waals surface area contributed by atoms with Crippen molar-refractivity contribution in [3.8, 4) is 11.5 Å². The van der Waals surface area contributed by atoms with Gasteiger partial charge in [-0.25, -0.2) is 5.43 Å². The number of hydrogen-bond acceptors (Lipinski definition) is 4. The highest BCUT2D eigenvalue weighted by Crippen LogP contribution is 2.28. The molecular formula is C32H25ClN2O3. The van der Waals surface area contributed by atoms with Gasteiger partial charge in [0.15, 0.2) is 0 Å². The number of para-hydroxylation sites is 1. The number of nitrogens with one attached hydrogen (secondary N) is 1. The Bertz CT molecular complexity index is 1580. The lowest BCUT2D eigenvalue weighted by atomic mass is 10.0. The molecule has 0 fully saturated rings. The minimum atomic E-state index is -0.386. The van der Waals surface area contributed by atoms with Crippen LogP contribution in [0, 0.1) is 0 Å². The standard InChI is InChI=1S/C32H25ClN2O3/c33-29-16-8-5-13-25(29)22-38-30-17-9-7-15-27(30)32(36)35-34-20-28-26-14-6-4-12-24(26)18-19-31(28)37-21-23-10-2-1-3-11-23/h1-20H,21-22H2,(H,35,36)/b34-20+. The molecule has 0 aliphatic rings. The van der Waals surface area contributed by atoms with Gasteiger partial charge in [-0.2, -0.15) is 5.10 Å². The van der Waals surface area contributed by atoms with Gasteiger partial charge in [0, 0.05) is 16.1 Å². The molecule has 188 valence electrons. The summed E-state index contributed by atoms with van der Waals surface area (Å²) < 4.78 is 12.1. The molecule has 38 heavy (non-hydrogen) atoms. The average molecular weight is 521 g/mol. The van der Waals surface area contributed by atoms with Crippen LogP contribution in [0.4, 0.5) is 0 Å². The van der Waals surface area contributed by atoms with Gasteiger partial charge in [-0.3, -0.25) is 4.79 Å². The summed E-state index contributed by atoms with van der Waals surface area (Å²) in [7, 11) is 0. The first kappa shape index (κ1) is 25.1. The van der Waals surface area contributed by atoms with Crippen molar-refractivity contribution in [2.24, 2.45) is 5.10 Å². The van der Waals surface area contributed by atoms with E-state index in [1.54, 1.807) is 30.5 Å². The molecule has 0 atom stereocenters. The number of halogens is 1. The topological polar surface area (TPSA) is 59.9 Å². The number of hydrogen-bond donors (Lipinski definition) is 1. The maximum Gasteiger partial charge on any atom is 0.275 e. The second kappa shape index (κ2) is 12.1. The molecule has 5 aromatic carbocycles. The zero-order valence-corrected chi connectivity index (χ0v) is 21.3. The van der Waals surface area contributed by atoms with Crippen LogP contribution in [0.3, 0.4) is 0 Å². The molecule has 0 unspecified atom stereocenters. The van der Waals surface area contributed by atoms with Gasteiger partial charge < -0.3 is 9.47 Å². The maximum atomic E-state index is 13.0. The van der Waals surface area contributed by atoms with E-state index in [-0.39, 0.29) is 12.5 Å². The highest BCUT2D eigenvalue weighted by atomic mass is 35.5. The van der Waals surface area contributed by atoms with E-state index in [2.05, 4.69) is 10.5 Å². The molecule has 0 aromatic heterocycles. The summed E-state index contributed by atoms with van der Waals surface area (Å²) in [4.78, 5) is 13.0. The molecule has 6 heteroatoms. The molecule has 0 saturated carbocycles. The van der Waals surface area contributed by atoms with E-state index in [0.717, 1.165) is 27.5 Å². The Morgan fingerprint density at radius 3 is 2.32 bits per heavy atom. The van der Waals surface area contributed by atoms with Gasteiger partial charge in [-0.05, 0) is 40.6 Å². The van der Waals surface area contributed by atoms with Crippen molar-refractivity contribution in [2.75, 3.05) is 0 Å². The molecule has 0 aliphatic heterocycles. The number of fused-ring (bicyclic) bond motifs is 1. The minimum Gasteiger partial charge on any atom is -0.488 e. The fourth-order valence-electron chi connectivity index (χ4n) is 4.04. The summed E-state index contributed by atoms with van der Waals surface area (Å²) in [6.45, 7) is 0.661. The molecule has 0 spiro atoms. The summed E-state index contributed by atoms with van der Waals surface area (Å²) >= 11 is 6.24. The van der Waals surface area contributed by atoms with Crippen LogP contribution in [0.25, 0.3) is 10.8 Å². The van der Waals surface area contributed by atoms with Crippen LogP contribution in [0.15, 0.2) is 120 Å². The normalized spacial score (nSPS) is 11.0. The molecule has 5 nitrogen and oxygen atoms in total. The van der Waals surface area contributed by atoms with E-state index in [9.17, 15) is 4.79 Å². The van der Waals surface area contributed by atoms with Crippen molar-refractivity contribution in [1.82, 2.24) is 5.43 Å². The van der Waals surface area contributed by atoms with Gasteiger partial charge in [0.1, 0.15) is 24.7 Å². The third-order valence-electron chi connectivity index (χ3n) is 6.00. The molecule has 1 amide bonds. The van der Waals surface area contributed by atoms with Crippen LogP contribution in [-0.4, -0.2) is 12.1 Å². The summed E-state index contributed by atoms with van der Waals surface area (Å²) in [5, 5.41) is 6.91. The van der Waals surface area contributed by atoms with Gasteiger partial charge in [0.05, 0.1) is 11.8 Å².